The number of nitrogens with one attached hydrogen (secondary N) is 1. The van der Waals surface area contributed by atoms with Gasteiger partial charge in [0, 0.05) is 10.6 Å². The van der Waals surface area contributed by atoms with Crippen LogP contribution in [0.1, 0.15) is 5.56 Å². The maximum absolute atomic E-state index is 12.0. The van der Waals surface area contributed by atoms with Gasteiger partial charge in [-0.1, -0.05) is 41.4 Å². The number of carbonyl (C=O) groups excluding carboxylic acids is 1. The smallest absolute Gasteiger partial charge is 0.263 e. The number of ether oxygens (including phenoxy) is 1. The number of amides is 1. The first kappa shape index (κ1) is 16.0. The zero-order valence-corrected chi connectivity index (χ0v) is 13.6. The van der Waals surface area contributed by atoms with Crippen molar-refractivity contribution in [2.75, 3.05) is 11.9 Å². The molecule has 0 fully saturated rings. The van der Waals surface area contributed by atoms with Crippen LogP contribution in [0.15, 0.2) is 53.2 Å². The van der Waals surface area contributed by atoms with Crippen molar-refractivity contribution in [3.8, 4) is 17.0 Å². The lowest BCUT2D eigenvalue weighted by molar-refractivity contribution is -0.118. The van der Waals surface area contributed by atoms with Crippen molar-refractivity contribution in [2.24, 2.45) is 0 Å². The topological polar surface area (TPSA) is 77.2 Å². The molecular formula is C17H14ClN3O3. The Kier molecular flexibility index (Phi) is 4.77. The van der Waals surface area contributed by atoms with Gasteiger partial charge < -0.3 is 10.1 Å². The first-order valence-corrected chi connectivity index (χ1v) is 7.57. The monoisotopic (exact) mass is 343 g/mol. The van der Waals surface area contributed by atoms with Crippen LogP contribution < -0.4 is 10.1 Å². The van der Waals surface area contributed by atoms with Gasteiger partial charge in [0.2, 0.25) is 5.82 Å². The predicted octanol–water partition coefficient (Wildman–Crippen LogP) is 3.72. The number of benzene rings is 2. The van der Waals surface area contributed by atoms with Crippen LogP contribution in [0, 0.1) is 6.92 Å². The van der Waals surface area contributed by atoms with Gasteiger partial charge in [-0.05, 0) is 41.5 Å². The van der Waals surface area contributed by atoms with Crippen molar-refractivity contribution in [2.45, 2.75) is 6.92 Å². The second-order valence-corrected chi connectivity index (χ2v) is 5.55. The lowest BCUT2D eigenvalue weighted by Gasteiger charge is -2.06. The van der Waals surface area contributed by atoms with Crippen molar-refractivity contribution in [1.29, 1.82) is 0 Å². The minimum absolute atomic E-state index is 0.143. The van der Waals surface area contributed by atoms with Crippen molar-refractivity contribution >= 4 is 23.3 Å². The van der Waals surface area contributed by atoms with Gasteiger partial charge in [-0.15, -0.1) is 0 Å². The van der Waals surface area contributed by atoms with Crippen LogP contribution in [0.5, 0.6) is 5.75 Å². The number of hydrogen-bond donors (Lipinski definition) is 1. The van der Waals surface area contributed by atoms with E-state index in [1.54, 1.807) is 36.4 Å². The number of halogens is 1. The number of nitrogens with zero attached hydrogens (tertiary/aromatic N) is 2. The number of aryl methyl sites for hydroxylation is 1. The lowest BCUT2D eigenvalue weighted by Crippen LogP contribution is -2.20. The van der Waals surface area contributed by atoms with Crippen LogP contribution in [0.3, 0.4) is 0 Å². The van der Waals surface area contributed by atoms with Gasteiger partial charge in [0.1, 0.15) is 5.75 Å². The molecule has 1 N–H and O–H groups in total. The highest BCUT2D eigenvalue weighted by atomic mass is 35.5. The zero-order chi connectivity index (χ0) is 16.9. The fourth-order valence-electron chi connectivity index (χ4n) is 2.02. The summed E-state index contributed by atoms with van der Waals surface area (Å²) in [6.45, 7) is 1.84. The average Bonchev–Trinajstić information content (AvgIpc) is 3.03. The number of carbonyl (C=O) groups is 1. The Hall–Kier alpha value is -2.86. The highest BCUT2D eigenvalue weighted by molar-refractivity contribution is 6.30. The highest BCUT2D eigenvalue weighted by Crippen LogP contribution is 2.25. The van der Waals surface area contributed by atoms with Crippen LogP contribution in [0.4, 0.5) is 5.82 Å². The molecule has 1 aromatic heterocycles. The minimum atomic E-state index is -0.360. The molecule has 0 saturated heterocycles. The summed E-state index contributed by atoms with van der Waals surface area (Å²) >= 11 is 5.86. The molecule has 3 rings (SSSR count). The maximum atomic E-state index is 12.0. The molecule has 0 aliphatic carbocycles. The average molecular weight is 344 g/mol. The molecular weight excluding hydrogens is 330 g/mol. The van der Waals surface area contributed by atoms with E-state index in [9.17, 15) is 4.79 Å². The third-order valence-corrected chi connectivity index (χ3v) is 3.51. The molecule has 0 saturated carbocycles. The molecule has 1 heterocycles. The molecule has 0 spiro atoms. The maximum Gasteiger partial charge on any atom is 0.263 e. The summed E-state index contributed by atoms with van der Waals surface area (Å²) in [5.74, 6) is 0.489. The van der Waals surface area contributed by atoms with Crippen LogP contribution in [-0.2, 0) is 4.79 Å². The van der Waals surface area contributed by atoms with Gasteiger partial charge in [-0.3, -0.25) is 4.79 Å². The summed E-state index contributed by atoms with van der Waals surface area (Å²) in [4.78, 5) is 12.0. The molecule has 24 heavy (non-hydrogen) atoms. The molecule has 0 radical (unpaired) electrons. The van der Waals surface area contributed by atoms with E-state index in [2.05, 4.69) is 15.6 Å². The Bertz CT molecular complexity index is 829. The van der Waals surface area contributed by atoms with Crippen LogP contribution in [0.2, 0.25) is 5.02 Å². The van der Waals surface area contributed by atoms with Crippen molar-refractivity contribution < 1.29 is 14.2 Å². The normalized spacial score (nSPS) is 10.4. The molecule has 6 nitrogen and oxygen atoms in total. The summed E-state index contributed by atoms with van der Waals surface area (Å²) in [6, 6.07) is 14.4. The molecule has 3 aromatic rings. The quantitative estimate of drug-likeness (QED) is 0.764. The Balaban J connectivity index is 1.64. The number of rotatable bonds is 5. The fourth-order valence-corrected chi connectivity index (χ4v) is 2.15. The molecule has 122 valence electrons. The van der Waals surface area contributed by atoms with Gasteiger partial charge in [-0.2, -0.15) is 0 Å². The largest absolute Gasteiger partial charge is 0.484 e. The van der Waals surface area contributed by atoms with E-state index in [1.165, 1.54) is 0 Å². The van der Waals surface area contributed by atoms with Gasteiger partial charge in [0.15, 0.2) is 12.3 Å². The molecule has 2 aromatic carbocycles. The van der Waals surface area contributed by atoms with Gasteiger partial charge in [0.05, 0.1) is 0 Å². The molecule has 0 aliphatic rings. The molecule has 0 atom stereocenters. The summed E-state index contributed by atoms with van der Waals surface area (Å²) in [6.07, 6.45) is 0. The Morgan fingerprint density at radius 1 is 1.12 bits per heavy atom. The minimum Gasteiger partial charge on any atom is -0.484 e. The van der Waals surface area contributed by atoms with Gasteiger partial charge >= 0.3 is 0 Å². The van der Waals surface area contributed by atoms with E-state index in [1.807, 2.05) is 19.1 Å². The predicted molar refractivity (Wildman–Crippen MR) is 90.0 cm³/mol. The first-order valence-electron chi connectivity index (χ1n) is 7.19. The molecule has 1 amide bonds. The molecule has 0 bridgehead atoms. The third-order valence-electron chi connectivity index (χ3n) is 3.25. The lowest BCUT2D eigenvalue weighted by atomic mass is 10.1. The zero-order valence-electron chi connectivity index (χ0n) is 12.8. The Morgan fingerprint density at radius 3 is 2.54 bits per heavy atom. The summed E-state index contributed by atoms with van der Waals surface area (Å²) in [5, 5.41) is 10.8. The fraction of sp³-hybridized carbons (Fsp3) is 0.118. The third kappa shape index (κ3) is 3.91. The summed E-state index contributed by atoms with van der Waals surface area (Å²) < 4.78 is 10.1. The van der Waals surface area contributed by atoms with Crippen LogP contribution >= 0.6 is 11.6 Å². The molecule has 7 heteroatoms. The van der Waals surface area contributed by atoms with E-state index in [4.69, 9.17) is 21.0 Å². The van der Waals surface area contributed by atoms with Crippen LogP contribution in [-0.4, -0.2) is 22.8 Å². The molecule has 0 aliphatic heterocycles. The Labute approximate surface area is 143 Å². The van der Waals surface area contributed by atoms with E-state index in [-0.39, 0.29) is 18.3 Å². The Morgan fingerprint density at radius 2 is 1.83 bits per heavy atom. The number of aromatic nitrogens is 2. The van der Waals surface area contributed by atoms with Crippen molar-refractivity contribution in [3.63, 3.8) is 0 Å². The van der Waals surface area contributed by atoms with Gasteiger partial charge in [-0.25, -0.2) is 4.63 Å². The van der Waals surface area contributed by atoms with Gasteiger partial charge in [0.25, 0.3) is 5.91 Å². The number of anilines is 1. The van der Waals surface area contributed by atoms with E-state index in [0.717, 1.165) is 11.1 Å². The highest BCUT2D eigenvalue weighted by Gasteiger charge is 2.15. The summed E-state index contributed by atoms with van der Waals surface area (Å²) in [5.41, 5.74) is 2.28. The van der Waals surface area contributed by atoms with E-state index >= 15 is 0 Å². The molecule has 0 unspecified atom stereocenters. The second-order valence-electron chi connectivity index (χ2n) is 5.12. The first-order chi connectivity index (χ1) is 11.6. The van der Waals surface area contributed by atoms with E-state index in [0.29, 0.717) is 16.5 Å². The SMILES string of the molecule is Cc1ccc(OCC(=O)Nc2nonc2-c2ccc(Cl)cc2)cc1. The van der Waals surface area contributed by atoms with Crippen molar-refractivity contribution in [3.05, 3.63) is 59.1 Å². The van der Waals surface area contributed by atoms with Crippen LogP contribution in [0.25, 0.3) is 11.3 Å². The van der Waals surface area contributed by atoms with E-state index < -0.39 is 0 Å². The number of hydrogen-bond acceptors (Lipinski definition) is 5. The second kappa shape index (κ2) is 7.14. The standard InChI is InChI=1S/C17H14ClN3O3/c1-11-2-8-14(9-3-11)23-10-15(22)19-17-16(20-24-21-17)12-4-6-13(18)7-5-12/h2-9H,10H2,1H3,(H,19,21,22). The summed E-state index contributed by atoms with van der Waals surface area (Å²) in [7, 11) is 0. The van der Waals surface area contributed by atoms with Crippen molar-refractivity contribution in [1.82, 2.24) is 10.3 Å².